The molecule has 0 spiro atoms. The van der Waals surface area contributed by atoms with Crippen molar-refractivity contribution >= 4 is 5.91 Å². The molecule has 18 heavy (non-hydrogen) atoms. The maximum absolute atomic E-state index is 12.1. The summed E-state index contributed by atoms with van der Waals surface area (Å²) in [7, 11) is 0. The first-order valence-corrected chi connectivity index (χ1v) is 6.98. The number of nitrogens with zero attached hydrogens (tertiary/aromatic N) is 1. The quantitative estimate of drug-likeness (QED) is 0.783. The Morgan fingerprint density at radius 2 is 2.28 bits per heavy atom. The van der Waals surface area contributed by atoms with Crippen molar-refractivity contribution in [3.8, 4) is 0 Å². The van der Waals surface area contributed by atoms with Gasteiger partial charge in [0.05, 0.1) is 0 Å². The maximum Gasteiger partial charge on any atom is 0.267 e. The average Bonchev–Trinajstić information content (AvgIpc) is 2.89. The largest absolute Gasteiger partial charge is 0.351 e. The highest BCUT2D eigenvalue weighted by molar-refractivity contribution is 5.92. The number of nitrogens with one attached hydrogen (secondary N) is 2. The third kappa shape index (κ3) is 3.13. The van der Waals surface area contributed by atoms with Gasteiger partial charge in [0, 0.05) is 18.8 Å². The molecule has 2 heterocycles. The molecule has 1 fully saturated rings. The summed E-state index contributed by atoms with van der Waals surface area (Å²) in [5.41, 5.74) is 0.804. The zero-order valence-corrected chi connectivity index (χ0v) is 11.1. The highest BCUT2D eigenvalue weighted by atomic mass is 16.1. The van der Waals surface area contributed by atoms with Crippen LogP contribution in [0.1, 0.15) is 49.1 Å². The van der Waals surface area contributed by atoms with Crippen molar-refractivity contribution in [2.45, 2.75) is 38.6 Å². The van der Waals surface area contributed by atoms with E-state index in [1.807, 2.05) is 18.3 Å². The fraction of sp³-hybridized carbons (Fsp3) is 0.643. The zero-order chi connectivity index (χ0) is 12.8. The molecule has 1 amide bonds. The van der Waals surface area contributed by atoms with Crippen LogP contribution < -0.4 is 10.6 Å². The minimum atomic E-state index is 0.0620. The Labute approximate surface area is 109 Å². The Hall–Kier alpha value is -1.29. The molecule has 1 aromatic rings. The highest BCUT2D eigenvalue weighted by Gasteiger charge is 2.19. The van der Waals surface area contributed by atoms with Gasteiger partial charge >= 0.3 is 0 Å². The second-order valence-electron chi connectivity index (χ2n) is 4.89. The van der Waals surface area contributed by atoms with Gasteiger partial charge in [0.1, 0.15) is 5.69 Å². The third-order valence-electron chi connectivity index (χ3n) is 3.53. The molecule has 1 aromatic heterocycles. The van der Waals surface area contributed by atoms with Gasteiger partial charge in [-0.15, -0.1) is 0 Å². The van der Waals surface area contributed by atoms with Gasteiger partial charge in [0.2, 0.25) is 0 Å². The Morgan fingerprint density at radius 1 is 1.50 bits per heavy atom. The Bertz CT molecular complexity index is 380. The number of hydrogen-bond donors (Lipinski definition) is 2. The first-order chi connectivity index (χ1) is 8.83. The smallest absolute Gasteiger partial charge is 0.267 e. The van der Waals surface area contributed by atoms with Crippen LogP contribution in [0.25, 0.3) is 0 Å². The fourth-order valence-electron chi connectivity index (χ4n) is 2.46. The van der Waals surface area contributed by atoms with Crippen LogP contribution in [0.2, 0.25) is 0 Å². The molecule has 2 rings (SSSR count). The third-order valence-corrected chi connectivity index (χ3v) is 3.53. The minimum Gasteiger partial charge on any atom is -0.351 e. The number of piperidine rings is 1. The predicted molar refractivity (Wildman–Crippen MR) is 72.8 cm³/mol. The Balaban J connectivity index is 1.99. The second kappa shape index (κ2) is 6.59. The van der Waals surface area contributed by atoms with Gasteiger partial charge in [0.25, 0.3) is 5.91 Å². The van der Waals surface area contributed by atoms with Crippen LogP contribution in [-0.4, -0.2) is 30.1 Å². The number of unbranched alkanes of at least 4 members (excludes halogenated alkanes) is 1. The van der Waals surface area contributed by atoms with E-state index in [9.17, 15) is 4.79 Å². The number of rotatable bonds is 5. The van der Waals surface area contributed by atoms with Gasteiger partial charge in [-0.1, -0.05) is 13.3 Å². The summed E-state index contributed by atoms with van der Waals surface area (Å²) < 4.78 is 2.14. The SMILES string of the molecule is CCCCNC(=O)c1cccn1C1CCNCC1. The van der Waals surface area contributed by atoms with Crippen molar-refractivity contribution in [3.05, 3.63) is 24.0 Å². The van der Waals surface area contributed by atoms with Gasteiger partial charge in [-0.3, -0.25) is 4.79 Å². The molecule has 0 saturated carbocycles. The molecule has 100 valence electrons. The molecule has 1 saturated heterocycles. The van der Waals surface area contributed by atoms with E-state index >= 15 is 0 Å². The summed E-state index contributed by atoms with van der Waals surface area (Å²) >= 11 is 0. The lowest BCUT2D eigenvalue weighted by Crippen LogP contribution is -2.32. The zero-order valence-electron chi connectivity index (χ0n) is 11.1. The molecule has 1 aliphatic heterocycles. The lowest BCUT2D eigenvalue weighted by molar-refractivity contribution is 0.0940. The van der Waals surface area contributed by atoms with Gasteiger partial charge in [0.15, 0.2) is 0 Å². The van der Waals surface area contributed by atoms with E-state index in [-0.39, 0.29) is 5.91 Å². The summed E-state index contributed by atoms with van der Waals surface area (Å²) in [6.07, 6.45) is 6.38. The summed E-state index contributed by atoms with van der Waals surface area (Å²) in [6.45, 7) is 4.98. The van der Waals surface area contributed by atoms with E-state index in [2.05, 4.69) is 22.1 Å². The van der Waals surface area contributed by atoms with Crippen LogP contribution in [-0.2, 0) is 0 Å². The van der Waals surface area contributed by atoms with E-state index in [0.717, 1.165) is 51.0 Å². The lowest BCUT2D eigenvalue weighted by Gasteiger charge is -2.25. The van der Waals surface area contributed by atoms with Crippen LogP contribution in [0.5, 0.6) is 0 Å². The van der Waals surface area contributed by atoms with Crippen molar-refractivity contribution < 1.29 is 4.79 Å². The van der Waals surface area contributed by atoms with E-state index in [1.54, 1.807) is 0 Å². The van der Waals surface area contributed by atoms with Gasteiger partial charge in [-0.05, 0) is 44.5 Å². The molecule has 1 aliphatic rings. The van der Waals surface area contributed by atoms with E-state index < -0.39 is 0 Å². The monoisotopic (exact) mass is 249 g/mol. The molecule has 0 unspecified atom stereocenters. The number of amides is 1. The van der Waals surface area contributed by atoms with Crippen molar-refractivity contribution in [3.63, 3.8) is 0 Å². The van der Waals surface area contributed by atoms with E-state index in [0.29, 0.717) is 6.04 Å². The van der Waals surface area contributed by atoms with Crippen molar-refractivity contribution in [2.75, 3.05) is 19.6 Å². The number of carbonyl (C=O) groups excluding carboxylic acids is 1. The molecule has 0 aromatic carbocycles. The van der Waals surface area contributed by atoms with Gasteiger partial charge in [-0.25, -0.2) is 0 Å². The van der Waals surface area contributed by atoms with Gasteiger partial charge < -0.3 is 15.2 Å². The van der Waals surface area contributed by atoms with Crippen LogP contribution in [0, 0.1) is 0 Å². The van der Waals surface area contributed by atoms with Gasteiger partial charge in [-0.2, -0.15) is 0 Å². The standard InChI is InChI=1S/C14H23N3O/c1-2-3-8-16-14(18)13-5-4-11-17(13)12-6-9-15-10-7-12/h4-5,11-12,15H,2-3,6-10H2,1H3,(H,16,18). The number of carbonyl (C=O) groups is 1. The topological polar surface area (TPSA) is 46.1 Å². The molecule has 4 nitrogen and oxygen atoms in total. The molecule has 2 N–H and O–H groups in total. The number of hydrogen-bond acceptors (Lipinski definition) is 2. The minimum absolute atomic E-state index is 0.0620. The first kappa shape index (κ1) is 13.1. The molecule has 4 heteroatoms. The molecule has 0 atom stereocenters. The van der Waals surface area contributed by atoms with Crippen LogP contribution in [0.3, 0.4) is 0 Å². The normalized spacial score (nSPS) is 16.7. The molecule has 0 radical (unpaired) electrons. The Morgan fingerprint density at radius 3 is 3.00 bits per heavy atom. The fourth-order valence-corrected chi connectivity index (χ4v) is 2.46. The molecular weight excluding hydrogens is 226 g/mol. The lowest BCUT2D eigenvalue weighted by atomic mass is 10.1. The average molecular weight is 249 g/mol. The first-order valence-electron chi connectivity index (χ1n) is 6.98. The Kier molecular flexibility index (Phi) is 4.81. The van der Waals surface area contributed by atoms with E-state index in [1.165, 1.54) is 0 Å². The van der Waals surface area contributed by atoms with Crippen molar-refractivity contribution in [2.24, 2.45) is 0 Å². The molecule has 0 aliphatic carbocycles. The number of aromatic nitrogens is 1. The summed E-state index contributed by atoms with van der Waals surface area (Å²) in [4.78, 5) is 12.1. The summed E-state index contributed by atoms with van der Waals surface area (Å²) in [5, 5.41) is 6.34. The predicted octanol–water partition coefficient (Wildman–Crippen LogP) is 1.94. The van der Waals surface area contributed by atoms with Crippen molar-refractivity contribution in [1.82, 2.24) is 15.2 Å². The second-order valence-corrected chi connectivity index (χ2v) is 4.89. The maximum atomic E-state index is 12.1. The van der Waals surface area contributed by atoms with Crippen LogP contribution in [0.15, 0.2) is 18.3 Å². The summed E-state index contributed by atoms with van der Waals surface area (Å²) in [5.74, 6) is 0.0620. The van der Waals surface area contributed by atoms with E-state index in [4.69, 9.17) is 0 Å². The van der Waals surface area contributed by atoms with Crippen LogP contribution in [0.4, 0.5) is 0 Å². The summed E-state index contributed by atoms with van der Waals surface area (Å²) in [6, 6.07) is 4.35. The van der Waals surface area contributed by atoms with Crippen molar-refractivity contribution in [1.29, 1.82) is 0 Å². The highest BCUT2D eigenvalue weighted by Crippen LogP contribution is 2.21. The molecular formula is C14H23N3O. The van der Waals surface area contributed by atoms with Crippen LogP contribution >= 0.6 is 0 Å². The molecule has 0 bridgehead atoms.